The lowest BCUT2D eigenvalue weighted by molar-refractivity contribution is 0.324. The Morgan fingerprint density at radius 2 is 2.00 bits per heavy atom. The molecule has 3 nitrogen and oxygen atoms in total. The van der Waals surface area contributed by atoms with Gasteiger partial charge in [-0.15, -0.1) is 0 Å². The zero-order valence-corrected chi connectivity index (χ0v) is 15.2. The first-order valence-electron chi connectivity index (χ1n) is 7.78. The second-order valence-corrected chi connectivity index (χ2v) is 7.14. The smallest absolute Gasteiger partial charge is 0.171 e. The van der Waals surface area contributed by atoms with E-state index in [-0.39, 0.29) is 0 Å². The van der Waals surface area contributed by atoms with Crippen LogP contribution in [0.2, 0.25) is 0 Å². The van der Waals surface area contributed by atoms with Crippen molar-refractivity contribution in [1.29, 1.82) is 0 Å². The van der Waals surface area contributed by atoms with Gasteiger partial charge in [0.15, 0.2) is 5.11 Å². The minimum Gasteiger partial charge on any atom is -0.358 e. The number of nitrogens with zero attached hydrogens (tertiary/aromatic N) is 1. The van der Waals surface area contributed by atoms with Crippen LogP contribution in [0.3, 0.4) is 0 Å². The van der Waals surface area contributed by atoms with Crippen molar-refractivity contribution < 1.29 is 0 Å². The van der Waals surface area contributed by atoms with E-state index in [9.17, 15) is 0 Å². The molecule has 2 aromatic carbocycles. The summed E-state index contributed by atoms with van der Waals surface area (Å²) in [5.74, 6) is 0. The SMILES string of the molecule is S=C(Nc1cccc(Br)c1)N[C@H]1CCN(Cc2ccccc2)C1. The molecule has 120 valence electrons. The molecule has 2 N–H and O–H groups in total. The Bertz CT molecular complexity index is 662. The molecule has 1 aliphatic heterocycles. The fourth-order valence-electron chi connectivity index (χ4n) is 2.85. The van der Waals surface area contributed by atoms with E-state index in [0.717, 1.165) is 36.2 Å². The highest BCUT2D eigenvalue weighted by atomic mass is 79.9. The number of thiocarbonyl (C=S) groups is 1. The number of hydrogen-bond acceptors (Lipinski definition) is 2. The highest BCUT2D eigenvalue weighted by Crippen LogP contribution is 2.16. The van der Waals surface area contributed by atoms with Crippen LogP contribution < -0.4 is 10.6 Å². The van der Waals surface area contributed by atoms with Gasteiger partial charge in [0, 0.05) is 35.8 Å². The Morgan fingerprint density at radius 1 is 1.17 bits per heavy atom. The van der Waals surface area contributed by atoms with Gasteiger partial charge in [-0.25, -0.2) is 0 Å². The Kier molecular flexibility index (Phi) is 5.65. The number of benzene rings is 2. The van der Waals surface area contributed by atoms with Gasteiger partial charge in [0.2, 0.25) is 0 Å². The molecule has 3 rings (SSSR count). The van der Waals surface area contributed by atoms with Gasteiger partial charge < -0.3 is 10.6 Å². The summed E-state index contributed by atoms with van der Waals surface area (Å²) < 4.78 is 1.04. The topological polar surface area (TPSA) is 27.3 Å². The van der Waals surface area contributed by atoms with E-state index < -0.39 is 0 Å². The molecule has 0 unspecified atom stereocenters. The third kappa shape index (κ3) is 5.03. The van der Waals surface area contributed by atoms with Crippen LogP contribution in [-0.4, -0.2) is 29.1 Å². The largest absolute Gasteiger partial charge is 0.358 e. The third-order valence-corrected chi connectivity index (χ3v) is 4.65. The average molecular weight is 390 g/mol. The van der Waals surface area contributed by atoms with Gasteiger partial charge >= 0.3 is 0 Å². The van der Waals surface area contributed by atoms with Crippen molar-refractivity contribution in [3.05, 3.63) is 64.6 Å². The van der Waals surface area contributed by atoms with Crippen molar-refractivity contribution in [2.24, 2.45) is 0 Å². The van der Waals surface area contributed by atoms with Crippen LogP contribution in [-0.2, 0) is 6.54 Å². The number of hydrogen-bond donors (Lipinski definition) is 2. The van der Waals surface area contributed by atoms with Crippen molar-refractivity contribution in [2.75, 3.05) is 18.4 Å². The summed E-state index contributed by atoms with van der Waals surface area (Å²) >= 11 is 8.90. The van der Waals surface area contributed by atoms with Gasteiger partial charge in [-0.1, -0.05) is 52.3 Å². The van der Waals surface area contributed by atoms with E-state index in [1.54, 1.807) is 0 Å². The van der Waals surface area contributed by atoms with Gasteiger partial charge in [-0.05, 0) is 42.4 Å². The average Bonchev–Trinajstić information content (AvgIpc) is 2.95. The molecule has 0 aromatic heterocycles. The Hall–Kier alpha value is -1.43. The number of anilines is 1. The Morgan fingerprint density at radius 3 is 2.78 bits per heavy atom. The lowest BCUT2D eigenvalue weighted by Crippen LogP contribution is -2.39. The van der Waals surface area contributed by atoms with Crippen molar-refractivity contribution in [3.63, 3.8) is 0 Å². The van der Waals surface area contributed by atoms with Gasteiger partial charge in [0.1, 0.15) is 0 Å². The predicted molar refractivity (Wildman–Crippen MR) is 104 cm³/mol. The molecule has 1 fully saturated rings. The highest BCUT2D eigenvalue weighted by Gasteiger charge is 2.22. The minimum atomic E-state index is 0.408. The molecule has 0 saturated carbocycles. The van der Waals surface area contributed by atoms with Crippen molar-refractivity contribution in [3.8, 4) is 0 Å². The predicted octanol–water partition coefficient (Wildman–Crippen LogP) is 4.01. The van der Waals surface area contributed by atoms with E-state index in [0.29, 0.717) is 11.2 Å². The summed E-state index contributed by atoms with van der Waals surface area (Å²) in [6.45, 7) is 3.13. The van der Waals surface area contributed by atoms with Crippen LogP contribution in [0.4, 0.5) is 5.69 Å². The molecular formula is C18H20BrN3S. The van der Waals surface area contributed by atoms with E-state index >= 15 is 0 Å². The second kappa shape index (κ2) is 7.90. The number of rotatable bonds is 4. The van der Waals surface area contributed by atoms with Crippen molar-refractivity contribution >= 4 is 38.9 Å². The zero-order chi connectivity index (χ0) is 16.1. The van der Waals surface area contributed by atoms with Crippen molar-refractivity contribution in [2.45, 2.75) is 19.0 Å². The summed E-state index contributed by atoms with van der Waals surface area (Å²) in [4.78, 5) is 2.47. The molecule has 23 heavy (non-hydrogen) atoms. The standard InChI is InChI=1S/C18H20BrN3S/c19-15-7-4-8-16(11-15)20-18(23)21-17-9-10-22(13-17)12-14-5-2-1-3-6-14/h1-8,11,17H,9-10,12-13H2,(H2,20,21,23)/t17-/m0/s1. The molecule has 1 atom stereocenters. The molecule has 5 heteroatoms. The zero-order valence-electron chi connectivity index (χ0n) is 12.8. The second-order valence-electron chi connectivity index (χ2n) is 5.82. The van der Waals surface area contributed by atoms with Crippen molar-refractivity contribution in [1.82, 2.24) is 10.2 Å². The normalized spacial score (nSPS) is 17.9. The summed E-state index contributed by atoms with van der Waals surface area (Å²) in [7, 11) is 0. The first kappa shape index (κ1) is 16.4. The molecule has 0 bridgehead atoms. The van der Waals surface area contributed by atoms with Crippen LogP contribution >= 0.6 is 28.1 Å². The van der Waals surface area contributed by atoms with Gasteiger partial charge in [0.05, 0.1) is 0 Å². The molecule has 0 spiro atoms. The molecule has 0 aliphatic carbocycles. The number of halogens is 1. The number of likely N-dealkylation sites (tertiary alicyclic amines) is 1. The molecule has 0 radical (unpaired) electrons. The van der Waals surface area contributed by atoms with Crippen LogP contribution in [0.5, 0.6) is 0 Å². The van der Waals surface area contributed by atoms with Crippen LogP contribution in [0.1, 0.15) is 12.0 Å². The first-order valence-corrected chi connectivity index (χ1v) is 8.98. The summed E-state index contributed by atoms with van der Waals surface area (Å²) in [6, 6.07) is 19.0. The van der Waals surface area contributed by atoms with Gasteiger partial charge in [-0.3, -0.25) is 4.90 Å². The third-order valence-electron chi connectivity index (χ3n) is 3.94. The molecule has 0 amide bonds. The minimum absolute atomic E-state index is 0.408. The molecule has 2 aromatic rings. The van der Waals surface area contributed by atoms with E-state index in [1.807, 2.05) is 24.3 Å². The first-order chi connectivity index (χ1) is 11.2. The molecule has 1 aliphatic rings. The monoisotopic (exact) mass is 389 g/mol. The van der Waals surface area contributed by atoms with E-state index in [2.05, 4.69) is 61.8 Å². The summed E-state index contributed by atoms with van der Waals surface area (Å²) in [5.41, 5.74) is 2.36. The van der Waals surface area contributed by atoms with Gasteiger partial charge in [-0.2, -0.15) is 0 Å². The highest BCUT2D eigenvalue weighted by molar-refractivity contribution is 9.10. The molecule has 1 heterocycles. The quantitative estimate of drug-likeness (QED) is 0.772. The maximum atomic E-state index is 5.43. The summed E-state index contributed by atoms with van der Waals surface area (Å²) in [6.07, 6.45) is 1.12. The molecule has 1 saturated heterocycles. The fraction of sp³-hybridized carbons (Fsp3) is 0.278. The maximum Gasteiger partial charge on any atom is 0.171 e. The van der Waals surface area contributed by atoms with Crippen LogP contribution in [0.15, 0.2) is 59.1 Å². The number of nitrogens with one attached hydrogen (secondary N) is 2. The Balaban J connectivity index is 1.47. The molecular weight excluding hydrogens is 370 g/mol. The Labute approximate surface area is 151 Å². The summed E-state index contributed by atoms with van der Waals surface area (Å²) in [5, 5.41) is 7.36. The fourth-order valence-corrected chi connectivity index (χ4v) is 3.54. The van der Waals surface area contributed by atoms with Crippen LogP contribution in [0.25, 0.3) is 0 Å². The lowest BCUT2D eigenvalue weighted by atomic mass is 10.2. The lowest BCUT2D eigenvalue weighted by Gasteiger charge is -2.18. The van der Waals surface area contributed by atoms with E-state index in [1.165, 1.54) is 5.56 Å². The van der Waals surface area contributed by atoms with Gasteiger partial charge in [0.25, 0.3) is 0 Å². The van der Waals surface area contributed by atoms with E-state index in [4.69, 9.17) is 12.2 Å². The van der Waals surface area contributed by atoms with Crippen LogP contribution in [0, 0.1) is 0 Å². The maximum absolute atomic E-state index is 5.43.